The summed E-state index contributed by atoms with van der Waals surface area (Å²) in [6.45, 7) is 9.29. The largest absolute Gasteiger partial charge is 0.367 e. The first-order chi connectivity index (χ1) is 16.5. The normalized spacial score (nSPS) is 18.6. The molecule has 34 heavy (non-hydrogen) atoms. The van der Waals surface area contributed by atoms with Crippen LogP contribution < -0.4 is 16.0 Å². The fourth-order valence-corrected chi connectivity index (χ4v) is 4.66. The van der Waals surface area contributed by atoms with E-state index in [0.29, 0.717) is 40.2 Å². The van der Waals surface area contributed by atoms with Crippen LogP contribution in [0.15, 0.2) is 54.4 Å². The minimum absolute atomic E-state index is 0.126. The molecule has 2 aliphatic heterocycles. The van der Waals surface area contributed by atoms with Crippen LogP contribution in [0.3, 0.4) is 0 Å². The Morgan fingerprint density at radius 1 is 1.29 bits per heavy atom. The Bertz CT molecular complexity index is 1270. The van der Waals surface area contributed by atoms with E-state index >= 15 is 0 Å². The molecule has 2 aliphatic rings. The zero-order chi connectivity index (χ0) is 23.7. The number of anilines is 3. The van der Waals surface area contributed by atoms with Crippen molar-refractivity contribution >= 4 is 46.6 Å². The number of benzene rings is 1. The first kappa shape index (κ1) is 22.4. The van der Waals surface area contributed by atoms with E-state index in [1.165, 1.54) is 0 Å². The van der Waals surface area contributed by atoms with E-state index in [0.717, 1.165) is 49.5 Å². The lowest BCUT2D eigenvalue weighted by molar-refractivity contribution is -0.115. The number of likely N-dealkylation sites (tertiary alicyclic amines) is 1. The van der Waals surface area contributed by atoms with Gasteiger partial charge in [-0.2, -0.15) is 9.61 Å². The summed E-state index contributed by atoms with van der Waals surface area (Å²) in [6.07, 6.45) is 6.22. The zero-order valence-corrected chi connectivity index (χ0v) is 19.9. The Balaban J connectivity index is 1.51. The number of carbonyl (C=O) groups excluding carboxylic acids is 1. The molecule has 9 heteroatoms. The standard InChI is InChI=1S/C25H28ClN7O/c1-3-32-9-7-20(8-10-32)30-23-14-22(29-21-6-4-5-19(26)13-21)31-24-18(15-27-33(23)24)12-17-11-16(2)28-25(17)34/h4-6,12-15,20,30H,2-3,7-11H2,1H3,(H,28,34)(H,29,31)/b17-12+. The number of fused-ring (bicyclic) bond motifs is 1. The fourth-order valence-electron chi connectivity index (χ4n) is 4.46. The number of allylic oxidation sites excluding steroid dienone is 1. The molecule has 8 nitrogen and oxygen atoms in total. The summed E-state index contributed by atoms with van der Waals surface area (Å²) in [7, 11) is 0. The second kappa shape index (κ2) is 9.48. The van der Waals surface area contributed by atoms with Gasteiger partial charge in [0, 0.05) is 59.2 Å². The lowest BCUT2D eigenvalue weighted by Crippen LogP contribution is -2.39. The third-order valence-corrected chi connectivity index (χ3v) is 6.53. The molecule has 2 saturated heterocycles. The Hall–Kier alpha value is -3.36. The number of amides is 1. The predicted molar refractivity (Wildman–Crippen MR) is 136 cm³/mol. The third-order valence-electron chi connectivity index (χ3n) is 6.30. The zero-order valence-electron chi connectivity index (χ0n) is 19.1. The molecule has 4 heterocycles. The lowest BCUT2D eigenvalue weighted by Gasteiger charge is -2.32. The van der Waals surface area contributed by atoms with Crippen LogP contribution in [0, 0.1) is 0 Å². The van der Waals surface area contributed by atoms with Gasteiger partial charge < -0.3 is 20.9 Å². The minimum atomic E-state index is -0.126. The Labute approximate surface area is 203 Å². The van der Waals surface area contributed by atoms with Crippen molar-refractivity contribution in [1.29, 1.82) is 0 Å². The molecule has 1 amide bonds. The van der Waals surface area contributed by atoms with Crippen molar-refractivity contribution in [3.8, 4) is 0 Å². The first-order valence-corrected chi connectivity index (χ1v) is 12.0. The van der Waals surface area contributed by atoms with E-state index in [1.807, 2.05) is 40.9 Å². The van der Waals surface area contributed by atoms with Crippen molar-refractivity contribution in [2.75, 3.05) is 30.3 Å². The van der Waals surface area contributed by atoms with Gasteiger partial charge in [-0.1, -0.05) is 31.2 Å². The van der Waals surface area contributed by atoms with Crippen LogP contribution in [0.25, 0.3) is 11.7 Å². The van der Waals surface area contributed by atoms with Crippen LogP contribution >= 0.6 is 11.6 Å². The first-order valence-electron chi connectivity index (χ1n) is 11.6. The van der Waals surface area contributed by atoms with E-state index in [4.69, 9.17) is 16.6 Å². The minimum Gasteiger partial charge on any atom is -0.367 e. The summed E-state index contributed by atoms with van der Waals surface area (Å²) in [5.74, 6) is 1.40. The molecule has 0 radical (unpaired) electrons. The van der Waals surface area contributed by atoms with Crippen molar-refractivity contribution in [3.63, 3.8) is 0 Å². The smallest absolute Gasteiger partial charge is 0.251 e. The van der Waals surface area contributed by atoms with Gasteiger partial charge in [0.25, 0.3) is 5.91 Å². The lowest BCUT2D eigenvalue weighted by atomic mass is 10.1. The van der Waals surface area contributed by atoms with Crippen LogP contribution in [-0.4, -0.2) is 51.1 Å². The van der Waals surface area contributed by atoms with Gasteiger partial charge in [0.2, 0.25) is 0 Å². The van der Waals surface area contributed by atoms with Crippen molar-refractivity contribution in [3.05, 3.63) is 65.0 Å². The van der Waals surface area contributed by atoms with Crippen molar-refractivity contribution < 1.29 is 4.79 Å². The van der Waals surface area contributed by atoms with Gasteiger partial charge in [0.05, 0.1) is 6.20 Å². The highest BCUT2D eigenvalue weighted by Crippen LogP contribution is 2.27. The van der Waals surface area contributed by atoms with E-state index in [1.54, 1.807) is 6.20 Å². The molecule has 0 spiro atoms. The summed E-state index contributed by atoms with van der Waals surface area (Å²) in [6, 6.07) is 9.84. The molecule has 0 aliphatic carbocycles. The van der Waals surface area contributed by atoms with E-state index in [-0.39, 0.29) is 5.91 Å². The molecule has 1 aromatic carbocycles. The molecule has 3 N–H and O–H groups in total. The molecule has 0 atom stereocenters. The van der Waals surface area contributed by atoms with E-state index < -0.39 is 0 Å². The van der Waals surface area contributed by atoms with Crippen molar-refractivity contribution in [2.45, 2.75) is 32.2 Å². The van der Waals surface area contributed by atoms with E-state index in [2.05, 4.69) is 39.5 Å². The van der Waals surface area contributed by atoms with Gasteiger partial charge in [-0.25, -0.2) is 4.98 Å². The number of nitrogens with one attached hydrogen (secondary N) is 3. The summed E-state index contributed by atoms with van der Waals surface area (Å²) in [5.41, 5.74) is 3.63. The van der Waals surface area contributed by atoms with Crippen LogP contribution in [-0.2, 0) is 4.79 Å². The van der Waals surface area contributed by atoms with Crippen LogP contribution in [0.1, 0.15) is 31.7 Å². The predicted octanol–water partition coefficient (Wildman–Crippen LogP) is 4.44. The van der Waals surface area contributed by atoms with Crippen molar-refractivity contribution in [1.82, 2.24) is 24.8 Å². The monoisotopic (exact) mass is 477 g/mol. The molecule has 2 aromatic heterocycles. The van der Waals surface area contributed by atoms with Crippen LogP contribution in [0.2, 0.25) is 5.02 Å². The molecule has 3 aromatic rings. The average molecular weight is 478 g/mol. The number of aromatic nitrogens is 3. The van der Waals surface area contributed by atoms with Gasteiger partial charge in [0.15, 0.2) is 5.65 Å². The maximum atomic E-state index is 12.2. The molecular weight excluding hydrogens is 450 g/mol. The number of hydrogen-bond acceptors (Lipinski definition) is 6. The number of rotatable bonds is 6. The van der Waals surface area contributed by atoms with Gasteiger partial charge >= 0.3 is 0 Å². The number of hydrogen-bond donors (Lipinski definition) is 3. The molecule has 176 valence electrons. The average Bonchev–Trinajstić information content (AvgIpc) is 3.36. The molecular formula is C25H28ClN7O. The SMILES string of the molecule is C=C1C/C(=C\c2cnn3c(NC4CCN(CC)CC4)cc(Nc4cccc(Cl)c4)nc23)C(=O)N1. The van der Waals surface area contributed by atoms with Gasteiger partial charge in [0.1, 0.15) is 11.6 Å². The number of carbonyl (C=O) groups is 1. The van der Waals surface area contributed by atoms with Gasteiger partial charge in [-0.3, -0.25) is 4.79 Å². The molecule has 5 rings (SSSR count). The molecule has 0 bridgehead atoms. The topological polar surface area (TPSA) is 86.6 Å². The van der Waals surface area contributed by atoms with Gasteiger partial charge in [-0.05, 0) is 43.7 Å². The summed E-state index contributed by atoms with van der Waals surface area (Å²) in [4.78, 5) is 19.5. The van der Waals surface area contributed by atoms with Gasteiger partial charge in [-0.15, -0.1) is 0 Å². The fraction of sp³-hybridized carbons (Fsp3) is 0.320. The number of halogens is 1. The van der Waals surface area contributed by atoms with Crippen LogP contribution in [0.4, 0.5) is 17.3 Å². The molecule has 0 unspecified atom stereocenters. The Morgan fingerprint density at radius 3 is 2.82 bits per heavy atom. The maximum absolute atomic E-state index is 12.2. The van der Waals surface area contributed by atoms with Crippen LogP contribution in [0.5, 0.6) is 0 Å². The third kappa shape index (κ3) is 4.78. The summed E-state index contributed by atoms with van der Waals surface area (Å²) >= 11 is 6.17. The second-order valence-electron chi connectivity index (χ2n) is 8.75. The molecule has 0 saturated carbocycles. The quantitative estimate of drug-likeness (QED) is 0.455. The maximum Gasteiger partial charge on any atom is 0.251 e. The van der Waals surface area contributed by atoms with Crippen molar-refractivity contribution in [2.24, 2.45) is 0 Å². The highest BCUT2D eigenvalue weighted by molar-refractivity contribution is 6.30. The summed E-state index contributed by atoms with van der Waals surface area (Å²) in [5, 5.41) is 15.0. The highest BCUT2D eigenvalue weighted by atomic mass is 35.5. The highest BCUT2D eigenvalue weighted by Gasteiger charge is 2.22. The Morgan fingerprint density at radius 2 is 2.12 bits per heavy atom. The Kier molecular flexibility index (Phi) is 6.26. The number of piperidine rings is 1. The number of nitrogens with zero attached hydrogens (tertiary/aromatic N) is 4. The summed E-state index contributed by atoms with van der Waals surface area (Å²) < 4.78 is 1.81. The van der Waals surface area contributed by atoms with E-state index in [9.17, 15) is 4.79 Å². The molecule has 2 fully saturated rings. The second-order valence-corrected chi connectivity index (χ2v) is 9.19.